The van der Waals surface area contributed by atoms with Gasteiger partial charge in [-0.15, -0.1) is 0 Å². The zero-order valence-corrected chi connectivity index (χ0v) is 16.4. The van der Waals surface area contributed by atoms with Gasteiger partial charge in [-0.1, -0.05) is 12.1 Å². The van der Waals surface area contributed by atoms with Gasteiger partial charge in [-0.05, 0) is 51.0 Å². The first-order chi connectivity index (χ1) is 14.0. The largest absolute Gasteiger partial charge is 0.462 e. The van der Waals surface area contributed by atoms with Crippen LogP contribution in [0.4, 0.5) is 5.69 Å². The van der Waals surface area contributed by atoms with Gasteiger partial charge in [0.15, 0.2) is 5.78 Å². The van der Waals surface area contributed by atoms with Gasteiger partial charge in [0, 0.05) is 41.5 Å². The molecule has 0 amide bonds. The van der Waals surface area contributed by atoms with E-state index >= 15 is 0 Å². The summed E-state index contributed by atoms with van der Waals surface area (Å²) in [5, 5.41) is 11.0. The molecule has 1 saturated carbocycles. The summed E-state index contributed by atoms with van der Waals surface area (Å²) >= 11 is 0. The lowest BCUT2D eigenvalue weighted by Crippen LogP contribution is -2.38. The Labute approximate surface area is 169 Å². The van der Waals surface area contributed by atoms with Gasteiger partial charge in [-0.3, -0.25) is 24.7 Å². The van der Waals surface area contributed by atoms with Gasteiger partial charge in [-0.25, -0.2) is 0 Å². The number of aliphatic imine (C=N–C) groups is 1. The van der Waals surface area contributed by atoms with Crippen LogP contribution in [0.3, 0.4) is 0 Å². The molecule has 7 heteroatoms. The van der Waals surface area contributed by atoms with Gasteiger partial charge in [0.2, 0.25) is 0 Å². The van der Waals surface area contributed by atoms with E-state index in [4.69, 9.17) is 4.74 Å². The lowest BCUT2D eigenvalue weighted by molar-refractivity contribution is -0.384. The summed E-state index contributed by atoms with van der Waals surface area (Å²) in [5.41, 5.74) is 2.64. The quantitative estimate of drug-likeness (QED) is 0.430. The van der Waals surface area contributed by atoms with Crippen molar-refractivity contribution in [2.45, 2.75) is 63.9 Å². The number of Topliss-reactive ketones (excluding diaryl/α,β-unsaturated/α-hetero) is 1. The monoisotopic (exact) mass is 396 g/mol. The average Bonchev–Trinajstić information content (AvgIpc) is 3.20. The fourth-order valence-corrected chi connectivity index (χ4v) is 4.72. The summed E-state index contributed by atoms with van der Waals surface area (Å²) in [6.45, 7) is 1.81. The number of benzene rings is 1. The molecule has 1 aliphatic heterocycles. The third kappa shape index (κ3) is 3.73. The number of non-ortho nitro benzene ring substituents is 1. The Morgan fingerprint density at radius 3 is 2.48 bits per heavy atom. The number of nitrogens with zero attached hydrogens (tertiary/aromatic N) is 2. The maximum atomic E-state index is 13.2. The Balaban J connectivity index is 1.74. The molecule has 1 aromatic carbocycles. The molecular formula is C22H24N2O5. The number of allylic oxidation sites excluding steroid dienone is 2. The molecule has 0 radical (unpaired) electrons. The molecule has 3 aliphatic rings. The van der Waals surface area contributed by atoms with Crippen LogP contribution in [0.5, 0.6) is 0 Å². The highest BCUT2D eigenvalue weighted by Gasteiger charge is 2.43. The number of ketones is 1. The molecule has 2 aliphatic carbocycles. The first-order valence-electron chi connectivity index (χ1n) is 10.2. The topological polar surface area (TPSA) is 98.9 Å². The maximum absolute atomic E-state index is 13.2. The number of hydrogen-bond donors (Lipinski definition) is 0. The van der Waals surface area contributed by atoms with Gasteiger partial charge in [0.1, 0.15) is 12.0 Å². The third-order valence-electron chi connectivity index (χ3n) is 6.14. The second-order valence-corrected chi connectivity index (χ2v) is 8.04. The molecular weight excluding hydrogens is 372 g/mol. The van der Waals surface area contributed by atoms with E-state index in [9.17, 15) is 19.7 Å². The zero-order chi connectivity index (χ0) is 20.5. The van der Waals surface area contributed by atoms with Gasteiger partial charge in [-0.2, -0.15) is 0 Å². The number of esters is 1. The van der Waals surface area contributed by atoms with Crippen molar-refractivity contribution in [1.82, 2.24) is 0 Å². The molecule has 1 heterocycles. The molecule has 1 unspecified atom stereocenters. The van der Waals surface area contributed by atoms with E-state index in [1.807, 2.05) is 6.92 Å². The van der Waals surface area contributed by atoms with Gasteiger partial charge in [0.05, 0.1) is 4.92 Å². The number of ether oxygens (including phenoxy) is 1. The SMILES string of the molecule is CC1=NC2=C(C(=O)CCC2)[C@H](c2ccc([N+](=O)[O-])cc2)C1C(=O)OC1CCCC1. The van der Waals surface area contributed by atoms with Crippen molar-refractivity contribution in [3.05, 3.63) is 51.2 Å². The molecule has 7 nitrogen and oxygen atoms in total. The number of carbonyl (C=O) groups excluding carboxylic acids is 2. The van der Waals surface area contributed by atoms with Crippen LogP contribution >= 0.6 is 0 Å². The van der Waals surface area contributed by atoms with Crippen molar-refractivity contribution in [2.24, 2.45) is 10.9 Å². The van der Waals surface area contributed by atoms with Crippen molar-refractivity contribution >= 4 is 23.2 Å². The highest BCUT2D eigenvalue weighted by molar-refractivity contribution is 6.08. The minimum absolute atomic E-state index is 0.00418. The minimum atomic E-state index is -0.683. The smallest absolute Gasteiger partial charge is 0.315 e. The standard InChI is InChI=1S/C22H24N2O5/c1-13-19(22(26)29-16-5-2-3-6-16)20(14-9-11-15(12-10-14)24(27)28)21-17(23-13)7-4-8-18(21)25/h9-12,16,19-20H,2-8H2,1H3/t19?,20-/m1/s1. The van der Waals surface area contributed by atoms with Crippen LogP contribution in [0, 0.1) is 16.0 Å². The molecule has 29 heavy (non-hydrogen) atoms. The minimum Gasteiger partial charge on any atom is -0.462 e. The van der Waals surface area contributed by atoms with E-state index in [2.05, 4.69) is 4.99 Å². The van der Waals surface area contributed by atoms with E-state index in [0.717, 1.165) is 37.8 Å². The number of hydrogen-bond acceptors (Lipinski definition) is 6. The van der Waals surface area contributed by atoms with Crippen molar-refractivity contribution in [3.63, 3.8) is 0 Å². The number of rotatable bonds is 4. The molecule has 0 bridgehead atoms. The van der Waals surface area contributed by atoms with Crippen LogP contribution in [0.2, 0.25) is 0 Å². The lowest BCUT2D eigenvalue weighted by atomic mass is 9.71. The van der Waals surface area contributed by atoms with E-state index in [-0.39, 0.29) is 23.5 Å². The second kappa shape index (κ2) is 7.89. The molecule has 0 saturated heterocycles. The predicted molar refractivity (Wildman–Crippen MR) is 107 cm³/mol. The second-order valence-electron chi connectivity index (χ2n) is 8.04. The number of nitro benzene ring substituents is 1. The molecule has 0 N–H and O–H groups in total. The summed E-state index contributed by atoms with van der Waals surface area (Å²) in [6.07, 6.45) is 5.63. The van der Waals surface area contributed by atoms with Crippen molar-refractivity contribution in [1.29, 1.82) is 0 Å². The van der Waals surface area contributed by atoms with Crippen LogP contribution in [-0.4, -0.2) is 28.5 Å². The normalized spacial score (nSPS) is 24.9. The Hall–Kier alpha value is -2.83. The Morgan fingerprint density at radius 2 is 1.83 bits per heavy atom. The summed E-state index contributed by atoms with van der Waals surface area (Å²) in [6, 6.07) is 6.13. The van der Waals surface area contributed by atoms with E-state index in [0.29, 0.717) is 29.7 Å². The Kier molecular flexibility index (Phi) is 5.30. The fraction of sp³-hybridized carbons (Fsp3) is 0.500. The Bertz CT molecular complexity index is 910. The van der Waals surface area contributed by atoms with Crippen LogP contribution in [-0.2, 0) is 14.3 Å². The molecule has 1 aromatic rings. The average molecular weight is 396 g/mol. The highest BCUT2D eigenvalue weighted by Crippen LogP contribution is 2.44. The van der Waals surface area contributed by atoms with Crippen LogP contribution in [0.1, 0.15) is 63.4 Å². The molecule has 152 valence electrons. The summed E-state index contributed by atoms with van der Waals surface area (Å²) in [4.78, 5) is 41.2. The van der Waals surface area contributed by atoms with E-state index in [1.54, 1.807) is 12.1 Å². The van der Waals surface area contributed by atoms with Gasteiger partial charge < -0.3 is 4.74 Å². The van der Waals surface area contributed by atoms with Crippen molar-refractivity contribution < 1.29 is 19.2 Å². The predicted octanol–water partition coefficient (Wildman–Crippen LogP) is 4.26. The first-order valence-corrected chi connectivity index (χ1v) is 10.2. The molecule has 0 spiro atoms. The highest BCUT2D eigenvalue weighted by atomic mass is 16.6. The van der Waals surface area contributed by atoms with Crippen molar-refractivity contribution in [3.8, 4) is 0 Å². The van der Waals surface area contributed by atoms with E-state index < -0.39 is 16.8 Å². The number of carbonyl (C=O) groups is 2. The summed E-state index contributed by atoms with van der Waals surface area (Å²) in [7, 11) is 0. The van der Waals surface area contributed by atoms with E-state index in [1.165, 1.54) is 12.1 Å². The van der Waals surface area contributed by atoms with Crippen molar-refractivity contribution in [2.75, 3.05) is 0 Å². The molecule has 1 fully saturated rings. The summed E-state index contributed by atoms with van der Waals surface area (Å²) in [5.74, 6) is -1.54. The van der Waals surface area contributed by atoms with Crippen LogP contribution in [0.15, 0.2) is 40.5 Å². The molecule has 2 atom stereocenters. The number of nitro groups is 1. The maximum Gasteiger partial charge on any atom is 0.315 e. The third-order valence-corrected chi connectivity index (χ3v) is 6.14. The zero-order valence-electron chi connectivity index (χ0n) is 16.4. The molecule has 4 rings (SSSR count). The summed E-state index contributed by atoms with van der Waals surface area (Å²) < 4.78 is 5.79. The first kappa shape index (κ1) is 19.5. The van der Waals surface area contributed by atoms with Crippen LogP contribution in [0.25, 0.3) is 0 Å². The van der Waals surface area contributed by atoms with Gasteiger partial charge in [0.25, 0.3) is 5.69 Å². The lowest BCUT2D eigenvalue weighted by Gasteiger charge is -2.34. The van der Waals surface area contributed by atoms with Crippen LogP contribution < -0.4 is 0 Å². The Morgan fingerprint density at radius 1 is 1.14 bits per heavy atom. The molecule has 0 aromatic heterocycles. The fourth-order valence-electron chi connectivity index (χ4n) is 4.72. The van der Waals surface area contributed by atoms with Gasteiger partial charge >= 0.3 is 5.97 Å².